The SMILES string of the molecule is CCCC(=O)CC(=O)OOCC.CCCC(=O)CC(=O)OOCC. The Morgan fingerprint density at radius 1 is 0.625 bits per heavy atom. The maximum atomic E-state index is 10.9. The zero-order valence-electron chi connectivity index (χ0n) is 14.9. The molecule has 0 heterocycles. The van der Waals surface area contributed by atoms with E-state index in [9.17, 15) is 19.2 Å². The van der Waals surface area contributed by atoms with Gasteiger partial charge in [-0.2, -0.15) is 9.78 Å². The lowest BCUT2D eigenvalue weighted by Crippen LogP contribution is -2.11. The third-order valence-electron chi connectivity index (χ3n) is 2.28. The number of rotatable bonds is 12. The van der Waals surface area contributed by atoms with Crippen molar-refractivity contribution in [3.8, 4) is 0 Å². The number of carbonyl (C=O) groups is 4. The first kappa shape index (κ1) is 24.5. The van der Waals surface area contributed by atoms with Gasteiger partial charge in [0.25, 0.3) is 0 Å². The number of Topliss-reactive ketones (excluding diaryl/α,β-unsaturated/α-hetero) is 2. The molecule has 0 saturated carbocycles. The van der Waals surface area contributed by atoms with Gasteiger partial charge < -0.3 is 0 Å². The summed E-state index contributed by atoms with van der Waals surface area (Å²) in [7, 11) is 0. The van der Waals surface area contributed by atoms with Crippen LogP contribution >= 0.6 is 0 Å². The van der Waals surface area contributed by atoms with Crippen LogP contribution in [-0.4, -0.2) is 36.7 Å². The van der Waals surface area contributed by atoms with E-state index in [0.29, 0.717) is 26.1 Å². The normalized spacial score (nSPS) is 9.50. The smallest absolute Gasteiger partial charge is 0.299 e. The molecular weight excluding hydrogens is 320 g/mol. The number of ketones is 2. The molecule has 0 radical (unpaired) electrons. The van der Waals surface area contributed by atoms with Crippen molar-refractivity contribution in [1.29, 1.82) is 0 Å². The molecule has 0 N–H and O–H groups in total. The summed E-state index contributed by atoms with van der Waals surface area (Å²) in [6.45, 7) is 7.75. The highest BCUT2D eigenvalue weighted by molar-refractivity contribution is 5.95. The Morgan fingerprint density at radius 3 is 1.21 bits per heavy atom. The Morgan fingerprint density at radius 2 is 0.958 bits per heavy atom. The van der Waals surface area contributed by atoms with Crippen LogP contribution in [0, 0.1) is 0 Å². The van der Waals surface area contributed by atoms with Gasteiger partial charge in [-0.25, -0.2) is 9.59 Å². The van der Waals surface area contributed by atoms with Crippen molar-refractivity contribution in [3.63, 3.8) is 0 Å². The lowest BCUT2D eigenvalue weighted by Gasteiger charge is -1.99. The molecule has 140 valence electrons. The minimum Gasteiger partial charge on any atom is -0.299 e. The summed E-state index contributed by atoms with van der Waals surface area (Å²) in [4.78, 5) is 60.4. The summed E-state index contributed by atoms with van der Waals surface area (Å²) >= 11 is 0. The summed E-state index contributed by atoms with van der Waals surface area (Å²) < 4.78 is 0. The predicted octanol–water partition coefficient (Wildman–Crippen LogP) is 2.48. The molecule has 0 spiro atoms. The minimum absolute atomic E-state index is 0.109. The van der Waals surface area contributed by atoms with Crippen LogP contribution in [0.25, 0.3) is 0 Å². The van der Waals surface area contributed by atoms with E-state index in [1.165, 1.54) is 0 Å². The molecule has 0 rings (SSSR count). The average molecular weight is 348 g/mol. The minimum atomic E-state index is -0.615. The van der Waals surface area contributed by atoms with E-state index < -0.39 is 11.9 Å². The highest BCUT2D eigenvalue weighted by Gasteiger charge is 2.10. The summed E-state index contributed by atoms with van der Waals surface area (Å²) in [5, 5.41) is 0. The van der Waals surface area contributed by atoms with Crippen molar-refractivity contribution < 1.29 is 38.7 Å². The molecule has 24 heavy (non-hydrogen) atoms. The van der Waals surface area contributed by atoms with E-state index in [-0.39, 0.29) is 24.4 Å². The van der Waals surface area contributed by atoms with Gasteiger partial charge in [0, 0.05) is 12.8 Å². The van der Waals surface area contributed by atoms with Crippen molar-refractivity contribution in [2.75, 3.05) is 13.2 Å². The first-order chi connectivity index (χ1) is 11.4. The van der Waals surface area contributed by atoms with Crippen LogP contribution in [-0.2, 0) is 38.7 Å². The maximum absolute atomic E-state index is 10.9. The van der Waals surface area contributed by atoms with Gasteiger partial charge in [-0.3, -0.25) is 19.4 Å². The average Bonchev–Trinajstić information content (AvgIpc) is 2.52. The van der Waals surface area contributed by atoms with Crippen molar-refractivity contribution in [2.45, 2.75) is 66.2 Å². The van der Waals surface area contributed by atoms with Gasteiger partial charge >= 0.3 is 11.9 Å². The van der Waals surface area contributed by atoms with E-state index >= 15 is 0 Å². The quantitative estimate of drug-likeness (QED) is 0.301. The topological polar surface area (TPSA) is 105 Å². The van der Waals surface area contributed by atoms with Gasteiger partial charge in [-0.1, -0.05) is 13.8 Å². The Kier molecular flexibility index (Phi) is 17.9. The Hall–Kier alpha value is -1.80. The van der Waals surface area contributed by atoms with Gasteiger partial charge in [0.15, 0.2) is 0 Å². The first-order valence-corrected chi connectivity index (χ1v) is 8.09. The van der Waals surface area contributed by atoms with Gasteiger partial charge in [-0.05, 0) is 26.7 Å². The second-order valence-corrected chi connectivity index (χ2v) is 4.65. The zero-order chi connectivity index (χ0) is 18.8. The molecule has 0 aromatic heterocycles. The molecule has 0 aromatic rings. The lowest BCUT2D eigenvalue weighted by atomic mass is 10.2. The monoisotopic (exact) mass is 348 g/mol. The van der Waals surface area contributed by atoms with E-state index in [1.807, 2.05) is 13.8 Å². The summed E-state index contributed by atoms with van der Waals surface area (Å²) in [6.07, 6.45) is 1.96. The van der Waals surface area contributed by atoms with Crippen LogP contribution in [0.3, 0.4) is 0 Å². The fourth-order valence-electron chi connectivity index (χ4n) is 1.36. The molecule has 0 bridgehead atoms. The van der Waals surface area contributed by atoms with E-state index in [1.54, 1.807) is 13.8 Å². The van der Waals surface area contributed by atoms with Crippen molar-refractivity contribution in [1.82, 2.24) is 0 Å². The van der Waals surface area contributed by atoms with Gasteiger partial charge in [0.2, 0.25) is 0 Å². The lowest BCUT2D eigenvalue weighted by molar-refractivity contribution is -0.269. The number of carbonyl (C=O) groups excluding carboxylic acids is 4. The molecule has 0 amide bonds. The second kappa shape index (κ2) is 17.6. The third-order valence-corrected chi connectivity index (χ3v) is 2.28. The van der Waals surface area contributed by atoms with Gasteiger partial charge in [0.1, 0.15) is 24.4 Å². The molecule has 8 heteroatoms. The second-order valence-electron chi connectivity index (χ2n) is 4.65. The fourth-order valence-corrected chi connectivity index (χ4v) is 1.36. The van der Waals surface area contributed by atoms with Crippen LogP contribution in [0.5, 0.6) is 0 Å². The van der Waals surface area contributed by atoms with Crippen LogP contribution in [0.2, 0.25) is 0 Å². The predicted molar refractivity (Wildman–Crippen MR) is 84.5 cm³/mol. The summed E-state index contributed by atoms with van der Waals surface area (Å²) in [5.41, 5.74) is 0. The van der Waals surface area contributed by atoms with Crippen LogP contribution in [0.4, 0.5) is 0 Å². The molecule has 0 fully saturated rings. The highest BCUT2D eigenvalue weighted by atomic mass is 17.2. The van der Waals surface area contributed by atoms with Crippen LogP contribution < -0.4 is 0 Å². The molecule has 8 nitrogen and oxygen atoms in total. The van der Waals surface area contributed by atoms with E-state index in [0.717, 1.165) is 12.8 Å². The molecule has 0 aliphatic carbocycles. The Bertz CT molecular complexity index is 342. The molecular formula is C16H28O8. The van der Waals surface area contributed by atoms with Crippen LogP contribution in [0.1, 0.15) is 66.2 Å². The Balaban J connectivity index is 0. The van der Waals surface area contributed by atoms with Crippen molar-refractivity contribution >= 4 is 23.5 Å². The van der Waals surface area contributed by atoms with Crippen molar-refractivity contribution in [2.24, 2.45) is 0 Å². The van der Waals surface area contributed by atoms with E-state index in [4.69, 9.17) is 0 Å². The highest BCUT2D eigenvalue weighted by Crippen LogP contribution is 1.97. The number of hydrogen-bond acceptors (Lipinski definition) is 8. The zero-order valence-corrected chi connectivity index (χ0v) is 14.9. The number of hydrogen-bond donors (Lipinski definition) is 0. The summed E-state index contributed by atoms with van der Waals surface area (Å²) in [6, 6.07) is 0. The van der Waals surface area contributed by atoms with Gasteiger partial charge in [-0.15, -0.1) is 0 Å². The van der Waals surface area contributed by atoms with Gasteiger partial charge in [0.05, 0.1) is 13.2 Å². The van der Waals surface area contributed by atoms with Crippen LogP contribution in [0.15, 0.2) is 0 Å². The summed E-state index contributed by atoms with van der Waals surface area (Å²) in [5.74, 6) is -1.45. The van der Waals surface area contributed by atoms with Crippen molar-refractivity contribution in [3.05, 3.63) is 0 Å². The largest absolute Gasteiger partial charge is 0.349 e. The fraction of sp³-hybridized carbons (Fsp3) is 0.750. The maximum Gasteiger partial charge on any atom is 0.349 e. The Labute approximate surface area is 142 Å². The third kappa shape index (κ3) is 18.2. The first-order valence-electron chi connectivity index (χ1n) is 8.09. The molecule has 0 unspecified atom stereocenters. The molecule has 0 atom stereocenters. The standard InChI is InChI=1S/2C8H14O4/c2*1-3-5-7(9)6-8(10)12-11-4-2/h2*3-6H2,1-2H3. The molecule has 0 saturated heterocycles. The molecule has 0 aromatic carbocycles. The van der Waals surface area contributed by atoms with E-state index in [2.05, 4.69) is 19.6 Å². The molecule has 0 aliphatic rings. The molecule has 0 aliphatic heterocycles.